The van der Waals surface area contributed by atoms with Crippen LogP contribution < -0.4 is 5.32 Å². The minimum Gasteiger partial charge on any atom is -0.380 e. The molecule has 0 heterocycles. The highest BCUT2D eigenvalue weighted by Crippen LogP contribution is 2.29. The standard InChI is InChI=1S/C14H29NO/c1-6-11-8-7-9-12(11)15-10-13(16-5)14(2,3)4/h11-13,15H,6-10H2,1-5H3. The first-order chi connectivity index (χ1) is 7.49. The van der Waals surface area contributed by atoms with Crippen LogP contribution in [0.15, 0.2) is 0 Å². The van der Waals surface area contributed by atoms with E-state index < -0.39 is 0 Å². The average Bonchev–Trinajstić information content (AvgIpc) is 2.64. The molecular weight excluding hydrogens is 198 g/mol. The van der Waals surface area contributed by atoms with Gasteiger partial charge in [-0.2, -0.15) is 0 Å². The first-order valence-electron chi connectivity index (χ1n) is 6.75. The Bertz CT molecular complexity index is 197. The van der Waals surface area contributed by atoms with E-state index in [-0.39, 0.29) is 5.41 Å². The van der Waals surface area contributed by atoms with Gasteiger partial charge in [0.1, 0.15) is 0 Å². The SMILES string of the molecule is CCC1CCCC1NCC(OC)C(C)(C)C. The summed E-state index contributed by atoms with van der Waals surface area (Å²) in [6.07, 6.45) is 5.76. The number of methoxy groups -OCH3 is 1. The van der Waals surface area contributed by atoms with Crippen molar-refractivity contribution in [2.45, 2.75) is 65.5 Å². The van der Waals surface area contributed by atoms with E-state index in [1.54, 1.807) is 0 Å². The van der Waals surface area contributed by atoms with E-state index in [4.69, 9.17) is 4.74 Å². The molecular formula is C14H29NO. The molecule has 3 atom stereocenters. The number of rotatable bonds is 5. The van der Waals surface area contributed by atoms with Crippen LogP contribution in [-0.2, 0) is 4.74 Å². The minimum absolute atomic E-state index is 0.224. The van der Waals surface area contributed by atoms with Gasteiger partial charge in [0.05, 0.1) is 6.10 Å². The Labute approximate surface area is 101 Å². The highest BCUT2D eigenvalue weighted by atomic mass is 16.5. The monoisotopic (exact) mass is 227 g/mol. The van der Waals surface area contributed by atoms with Gasteiger partial charge in [-0.15, -0.1) is 0 Å². The molecule has 0 bridgehead atoms. The van der Waals surface area contributed by atoms with Crippen LogP contribution in [0, 0.1) is 11.3 Å². The molecule has 2 heteroatoms. The number of hydrogen-bond acceptors (Lipinski definition) is 2. The van der Waals surface area contributed by atoms with Crippen molar-refractivity contribution >= 4 is 0 Å². The van der Waals surface area contributed by atoms with E-state index in [0.717, 1.165) is 18.5 Å². The van der Waals surface area contributed by atoms with Crippen LogP contribution in [0.5, 0.6) is 0 Å². The van der Waals surface area contributed by atoms with E-state index in [2.05, 4.69) is 33.0 Å². The van der Waals surface area contributed by atoms with Crippen LogP contribution in [0.1, 0.15) is 53.4 Å². The second-order valence-electron chi connectivity index (χ2n) is 6.20. The lowest BCUT2D eigenvalue weighted by molar-refractivity contribution is 0.0148. The van der Waals surface area contributed by atoms with Crippen molar-refractivity contribution in [2.24, 2.45) is 11.3 Å². The molecule has 96 valence electrons. The van der Waals surface area contributed by atoms with Gasteiger partial charge in [-0.3, -0.25) is 0 Å². The molecule has 16 heavy (non-hydrogen) atoms. The zero-order chi connectivity index (χ0) is 12.2. The van der Waals surface area contributed by atoms with Crippen LogP contribution in [0.3, 0.4) is 0 Å². The quantitative estimate of drug-likeness (QED) is 0.778. The second-order valence-corrected chi connectivity index (χ2v) is 6.20. The van der Waals surface area contributed by atoms with Crippen molar-refractivity contribution < 1.29 is 4.74 Å². The van der Waals surface area contributed by atoms with Crippen molar-refractivity contribution in [1.82, 2.24) is 5.32 Å². The van der Waals surface area contributed by atoms with Gasteiger partial charge in [0, 0.05) is 19.7 Å². The lowest BCUT2D eigenvalue weighted by atomic mass is 9.88. The largest absolute Gasteiger partial charge is 0.380 e. The lowest BCUT2D eigenvalue weighted by Gasteiger charge is -2.31. The lowest BCUT2D eigenvalue weighted by Crippen LogP contribution is -2.43. The third kappa shape index (κ3) is 3.74. The van der Waals surface area contributed by atoms with Crippen LogP contribution in [0.25, 0.3) is 0 Å². The van der Waals surface area contributed by atoms with Gasteiger partial charge in [0.25, 0.3) is 0 Å². The Kier molecular flexibility index (Phi) is 5.26. The predicted octanol–water partition coefficient (Wildman–Crippen LogP) is 3.22. The van der Waals surface area contributed by atoms with Crippen LogP contribution >= 0.6 is 0 Å². The predicted molar refractivity (Wildman–Crippen MR) is 69.7 cm³/mol. The van der Waals surface area contributed by atoms with Gasteiger partial charge in [-0.1, -0.05) is 40.5 Å². The topological polar surface area (TPSA) is 21.3 Å². The molecule has 0 aromatic rings. The summed E-state index contributed by atoms with van der Waals surface area (Å²) in [6.45, 7) is 10.0. The maximum absolute atomic E-state index is 5.58. The van der Waals surface area contributed by atoms with Gasteiger partial charge in [-0.25, -0.2) is 0 Å². The fourth-order valence-corrected chi connectivity index (χ4v) is 2.80. The van der Waals surface area contributed by atoms with Gasteiger partial charge in [0.2, 0.25) is 0 Å². The van der Waals surface area contributed by atoms with Crippen LogP contribution in [-0.4, -0.2) is 25.8 Å². The fourth-order valence-electron chi connectivity index (χ4n) is 2.80. The molecule has 1 N–H and O–H groups in total. The van der Waals surface area contributed by atoms with Crippen molar-refractivity contribution in [1.29, 1.82) is 0 Å². The molecule has 0 radical (unpaired) electrons. The van der Waals surface area contributed by atoms with E-state index >= 15 is 0 Å². The van der Waals surface area contributed by atoms with Gasteiger partial charge in [-0.05, 0) is 24.2 Å². The van der Waals surface area contributed by atoms with E-state index in [1.165, 1.54) is 25.7 Å². The third-order valence-electron chi connectivity index (χ3n) is 4.00. The van der Waals surface area contributed by atoms with Crippen molar-refractivity contribution in [3.8, 4) is 0 Å². The minimum atomic E-state index is 0.224. The highest BCUT2D eigenvalue weighted by molar-refractivity contribution is 4.85. The Morgan fingerprint density at radius 3 is 2.50 bits per heavy atom. The van der Waals surface area contributed by atoms with Gasteiger partial charge >= 0.3 is 0 Å². The molecule has 1 fully saturated rings. The zero-order valence-electron chi connectivity index (χ0n) is 11.7. The molecule has 1 saturated carbocycles. The Morgan fingerprint density at radius 1 is 1.31 bits per heavy atom. The number of hydrogen-bond donors (Lipinski definition) is 1. The van der Waals surface area contributed by atoms with E-state index in [1.807, 2.05) is 7.11 Å². The molecule has 0 aromatic carbocycles. The van der Waals surface area contributed by atoms with Crippen LogP contribution in [0.4, 0.5) is 0 Å². The van der Waals surface area contributed by atoms with E-state index in [0.29, 0.717) is 6.10 Å². The van der Waals surface area contributed by atoms with Crippen LogP contribution in [0.2, 0.25) is 0 Å². The summed E-state index contributed by atoms with van der Waals surface area (Å²) in [5.41, 5.74) is 0.224. The summed E-state index contributed by atoms with van der Waals surface area (Å²) in [5, 5.41) is 3.72. The molecule has 3 unspecified atom stereocenters. The summed E-state index contributed by atoms with van der Waals surface area (Å²) < 4.78 is 5.58. The van der Waals surface area contributed by atoms with Gasteiger partial charge < -0.3 is 10.1 Å². The summed E-state index contributed by atoms with van der Waals surface area (Å²) >= 11 is 0. The fraction of sp³-hybridized carbons (Fsp3) is 1.00. The maximum atomic E-state index is 5.58. The first kappa shape index (κ1) is 14.0. The van der Waals surface area contributed by atoms with Gasteiger partial charge in [0.15, 0.2) is 0 Å². The molecule has 0 aliphatic heterocycles. The second kappa shape index (κ2) is 6.02. The molecule has 2 nitrogen and oxygen atoms in total. The Balaban J connectivity index is 2.37. The smallest absolute Gasteiger partial charge is 0.0743 e. The number of ether oxygens (including phenoxy) is 1. The van der Waals surface area contributed by atoms with Crippen molar-refractivity contribution in [2.75, 3.05) is 13.7 Å². The number of nitrogens with one attached hydrogen (secondary N) is 1. The molecule has 1 aliphatic rings. The molecule has 1 aliphatic carbocycles. The summed E-state index contributed by atoms with van der Waals surface area (Å²) in [4.78, 5) is 0. The first-order valence-corrected chi connectivity index (χ1v) is 6.75. The zero-order valence-corrected chi connectivity index (χ0v) is 11.7. The average molecular weight is 227 g/mol. The molecule has 0 saturated heterocycles. The maximum Gasteiger partial charge on any atom is 0.0743 e. The summed E-state index contributed by atoms with van der Waals surface area (Å²) in [6, 6.07) is 0.727. The Morgan fingerprint density at radius 2 is 2.00 bits per heavy atom. The summed E-state index contributed by atoms with van der Waals surface area (Å²) in [7, 11) is 1.82. The molecule has 0 aromatic heterocycles. The molecule has 0 amide bonds. The molecule has 1 rings (SSSR count). The van der Waals surface area contributed by atoms with E-state index in [9.17, 15) is 0 Å². The van der Waals surface area contributed by atoms with Crippen molar-refractivity contribution in [3.63, 3.8) is 0 Å². The normalized spacial score (nSPS) is 28.3. The Hall–Kier alpha value is -0.0800. The van der Waals surface area contributed by atoms with Crippen molar-refractivity contribution in [3.05, 3.63) is 0 Å². The molecule has 0 spiro atoms. The third-order valence-corrected chi connectivity index (χ3v) is 4.00. The highest BCUT2D eigenvalue weighted by Gasteiger charge is 2.29. The summed E-state index contributed by atoms with van der Waals surface area (Å²) in [5.74, 6) is 0.887.